The molecule has 2 rings (SSSR count). The summed E-state index contributed by atoms with van der Waals surface area (Å²) in [5.74, 6) is -0.676. The van der Waals surface area contributed by atoms with Crippen LogP contribution in [0.25, 0.3) is 0 Å². The zero-order valence-electron chi connectivity index (χ0n) is 13.8. The van der Waals surface area contributed by atoms with Gasteiger partial charge in [-0.25, -0.2) is 0 Å². The molecule has 1 atom stereocenters. The van der Waals surface area contributed by atoms with Crippen LogP contribution >= 0.6 is 69.6 Å². The van der Waals surface area contributed by atoms with E-state index in [9.17, 15) is 14.9 Å². The average molecular weight is 574 g/mol. The third-order valence-corrected chi connectivity index (χ3v) is 5.13. The first kappa shape index (κ1) is 22.9. The van der Waals surface area contributed by atoms with Crippen molar-refractivity contribution in [2.24, 2.45) is 0 Å². The van der Waals surface area contributed by atoms with E-state index in [2.05, 4.69) is 38.5 Å². The van der Waals surface area contributed by atoms with E-state index in [1.54, 1.807) is 0 Å². The van der Waals surface area contributed by atoms with Gasteiger partial charge in [-0.2, -0.15) is 0 Å². The lowest BCUT2D eigenvalue weighted by atomic mass is 10.2. The average Bonchev–Trinajstić information content (AvgIpc) is 2.62. The highest BCUT2D eigenvalue weighted by Crippen LogP contribution is 2.29. The van der Waals surface area contributed by atoms with Gasteiger partial charge < -0.3 is 16.0 Å². The highest BCUT2D eigenvalue weighted by molar-refractivity contribution is 14.1. The molecule has 28 heavy (non-hydrogen) atoms. The molecule has 0 bridgehead atoms. The predicted octanol–water partition coefficient (Wildman–Crippen LogP) is 4.61. The summed E-state index contributed by atoms with van der Waals surface area (Å²) in [4.78, 5) is 22.7. The van der Waals surface area contributed by atoms with Crippen LogP contribution in [0.3, 0.4) is 0 Å². The van der Waals surface area contributed by atoms with E-state index in [0.29, 0.717) is 0 Å². The third kappa shape index (κ3) is 6.59. The zero-order chi connectivity index (χ0) is 20.9. The summed E-state index contributed by atoms with van der Waals surface area (Å²) in [6.45, 7) is 0. The number of amides is 1. The van der Waals surface area contributed by atoms with Crippen LogP contribution in [0.4, 0.5) is 11.4 Å². The van der Waals surface area contributed by atoms with Crippen molar-refractivity contribution in [2.45, 2.75) is 9.96 Å². The lowest BCUT2D eigenvalue weighted by Crippen LogP contribution is -2.56. The molecule has 7 nitrogen and oxygen atoms in total. The molecular formula is C16H12Cl3IN4O3S. The maximum Gasteiger partial charge on any atom is 0.270 e. The fourth-order valence-corrected chi connectivity index (χ4v) is 3.10. The molecule has 0 spiro atoms. The Morgan fingerprint density at radius 3 is 2.43 bits per heavy atom. The molecule has 0 fully saturated rings. The molecule has 0 radical (unpaired) electrons. The molecule has 3 N–H and O–H groups in total. The molecule has 0 aliphatic rings. The Bertz CT molecular complexity index is 911. The maximum absolute atomic E-state index is 12.5. The fourth-order valence-electron chi connectivity index (χ4n) is 2.03. The van der Waals surface area contributed by atoms with E-state index in [1.165, 1.54) is 18.2 Å². The quantitative estimate of drug-likeness (QED) is 0.121. The number of nitro groups is 1. The number of non-ortho nitro benzene ring substituents is 1. The molecule has 0 aromatic heterocycles. The lowest BCUT2D eigenvalue weighted by molar-refractivity contribution is -0.384. The van der Waals surface area contributed by atoms with Crippen molar-refractivity contribution in [3.8, 4) is 0 Å². The molecule has 1 unspecified atom stereocenters. The number of nitro benzene ring substituents is 1. The van der Waals surface area contributed by atoms with E-state index in [4.69, 9.17) is 47.0 Å². The van der Waals surface area contributed by atoms with E-state index < -0.39 is 20.8 Å². The normalized spacial score (nSPS) is 12.0. The molecule has 0 heterocycles. The van der Waals surface area contributed by atoms with Crippen LogP contribution in [0, 0.1) is 13.7 Å². The van der Waals surface area contributed by atoms with Crippen LogP contribution < -0.4 is 16.0 Å². The van der Waals surface area contributed by atoms with Crippen LogP contribution in [0.5, 0.6) is 0 Å². The van der Waals surface area contributed by atoms with Gasteiger partial charge in [0.2, 0.25) is 3.79 Å². The van der Waals surface area contributed by atoms with Crippen molar-refractivity contribution in [1.82, 2.24) is 10.6 Å². The van der Waals surface area contributed by atoms with Crippen molar-refractivity contribution in [3.63, 3.8) is 0 Å². The standard InChI is InChI=1S/C16H12Cl3IN4O3S/c17-16(18,19)14(23-15(28)21-12-7-2-1-6-11(12)20)22-13(25)9-4-3-5-10(8-9)24(26)27/h1-8,14H,(H,22,25)(H2,21,23,28). The molecular weight excluding hydrogens is 562 g/mol. The summed E-state index contributed by atoms with van der Waals surface area (Å²) in [5.41, 5.74) is 0.530. The van der Waals surface area contributed by atoms with Gasteiger partial charge in [0.05, 0.1) is 10.6 Å². The van der Waals surface area contributed by atoms with Crippen molar-refractivity contribution >= 4 is 92.0 Å². The first-order chi connectivity index (χ1) is 13.1. The Morgan fingerprint density at radius 1 is 1.14 bits per heavy atom. The van der Waals surface area contributed by atoms with E-state index >= 15 is 0 Å². The number of alkyl halides is 3. The number of rotatable bonds is 5. The van der Waals surface area contributed by atoms with Gasteiger partial charge in [-0.15, -0.1) is 0 Å². The van der Waals surface area contributed by atoms with Crippen LogP contribution in [0.1, 0.15) is 10.4 Å². The first-order valence-corrected chi connectivity index (χ1v) is 10.1. The minimum Gasteiger partial charge on any atom is -0.339 e. The van der Waals surface area contributed by atoms with Gasteiger partial charge in [0, 0.05) is 21.3 Å². The Balaban J connectivity index is 2.12. The summed E-state index contributed by atoms with van der Waals surface area (Å²) in [7, 11) is 0. The number of carbonyl (C=O) groups excluding carboxylic acids is 1. The second kappa shape index (κ2) is 9.88. The molecule has 2 aromatic carbocycles. The van der Waals surface area contributed by atoms with Crippen molar-refractivity contribution in [3.05, 3.63) is 67.8 Å². The minimum atomic E-state index is -1.95. The molecule has 148 valence electrons. The Hall–Kier alpha value is -1.40. The number of para-hydroxylation sites is 1. The van der Waals surface area contributed by atoms with E-state index in [-0.39, 0.29) is 16.4 Å². The molecule has 0 saturated heterocycles. The van der Waals surface area contributed by atoms with Gasteiger partial charge in [-0.1, -0.05) is 53.0 Å². The topological polar surface area (TPSA) is 96.3 Å². The summed E-state index contributed by atoms with van der Waals surface area (Å²) < 4.78 is -1.04. The summed E-state index contributed by atoms with van der Waals surface area (Å²) in [6, 6.07) is 12.5. The summed E-state index contributed by atoms with van der Waals surface area (Å²) >= 11 is 25.2. The Morgan fingerprint density at radius 2 is 1.82 bits per heavy atom. The van der Waals surface area contributed by atoms with Gasteiger partial charge in [0.25, 0.3) is 11.6 Å². The Labute approximate surface area is 194 Å². The summed E-state index contributed by atoms with van der Waals surface area (Å²) in [5, 5.41) is 19.1. The number of halogens is 4. The van der Waals surface area contributed by atoms with Crippen molar-refractivity contribution in [1.29, 1.82) is 0 Å². The second-order valence-corrected chi connectivity index (χ2v) is 9.27. The molecule has 0 saturated carbocycles. The molecule has 1 amide bonds. The second-order valence-electron chi connectivity index (χ2n) is 5.33. The highest BCUT2D eigenvalue weighted by Gasteiger charge is 2.35. The van der Waals surface area contributed by atoms with Crippen molar-refractivity contribution < 1.29 is 9.72 Å². The maximum atomic E-state index is 12.5. The minimum absolute atomic E-state index is 0.0340. The van der Waals surface area contributed by atoms with Crippen molar-refractivity contribution in [2.75, 3.05) is 5.32 Å². The SMILES string of the molecule is O=C(NC(NC(=S)Nc1ccccc1I)C(Cl)(Cl)Cl)c1cccc([N+](=O)[O-])c1. The number of hydrogen-bond donors (Lipinski definition) is 3. The number of hydrogen-bond acceptors (Lipinski definition) is 4. The van der Waals surface area contributed by atoms with Gasteiger partial charge in [-0.3, -0.25) is 14.9 Å². The number of anilines is 1. The molecule has 0 aliphatic heterocycles. The lowest BCUT2D eigenvalue weighted by Gasteiger charge is -2.28. The molecule has 12 heteroatoms. The third-order valence-electron chi connectivity index (χ3n) is 3.32. The first-order valence-electron chi connectivity index (χ1n) is 7.52. The van der Waals surface area contributed by atoms with Crippen LogP contribution in [-0.2, 0) is 0 Å². The predicted molar refractivity (Wildman–Crippen MR) is 123 cm³/mol. The Kier molecular flexibility index (Phi) is 8.07. The van der Waals surface area contributed by atoms with Crippen LogP contribution in [-0.4, -0.2) is 25.9 Å². The van der Waals surface area contributed by atoms with Gasteiger partial charge in [0.1, 0.15) is 6.17 Å². The number of benzene rings is 2. The molecule has 2 aromatic rings. The van der Waals surface area contributed by atoms with Gasteiger partial charge in [0.15, 0.2) is 5.11 Å². The monoisotopic (exact) mass is 572 g/mol. The number of nitrogens with one attached hydrogen (secondary N) is 3. The zero-order valence-corrected chi connectivity index (χ0v) is 19.0. The van der Waals surface area contributed by atoms with E-state index in [0.717, 1.165) is 15.3 Å². The largest absolute Gasteiger partial charge is 0.339 e. The fraction of sp³-hybridized carbons (Fsp3) is 0.125. The van der Waals surface area contributed by atoms with Crippen LogP contribution in [0.15, 0.2) is 48.5 Å². The van der Waals surface area contributed by atoms with Gasteiger partial charge in [-0.05, 0) is 53.0 Å². The number of thiocarbonyl (C=S) groups is 1. The summed E-state index contributed by atoms with van der Waals surface area (Å²) in [6.07, 6.45) is -1.20. The highest BCUT2D eigenvalue weighted by atomic mass is 127. The van der Waals surface area contributed by atoms with Crippen LogP contribution in [0.2, 0.25) is 0 Å². The number of carbonyl (C=O) groups is 1. The van der Waals surface area contributed by atoms with E-state index in [1.807, 2.05) is 24.3 Å². The smallest absolute Gasteiger partial charge is 0.270 e. The van der Waals surface area contributed by atoms with Gasteiger partial charge >= 0.3 is 0 Å². The number of nitrogens with zero attached hydrogens (tertiary/aromatic N) is 1. The molecule has 0 aliphatic carbocycles.